The Bertz CT molecular complexity index is 1180. The van der Waals surface area contributed by atoms with Crippen molar-refractivity contribution >= 4 is 27.3 Å². The molecule has 32 heavy (non-hydrogen) atoms. The number of sulfonamides is 1. The molecule has 1 saturated heterocycles. The van der Waals surface area contributed by atoms with Crippen molar-refractivity contribution in [2.45, 2.75) is 31.8 Å². The summed E-state index contributed by atoms with van der Waals surface area (Å²) in [6.45, 7) is 5.90. The molecule has 0 N–H and O–H groups in total. The first-order chi connectivity index (χ1) is 15.3. The van der Waals surface area contributed by atoms with Crippen LogP contribution in [0.4, 0.5) is 0 Å². The van der Waals surface area contributed by atoms with Gasteiger partial charge < -0.3 is 14.1 Å². The average Bonchev–Trinajstić information content (AvgIpc) is 3.45. The summed E-state index contributed by atoms with van der Waals surface area (Å²) in [5.41, 5.74) is 1.10. The Morgan fingerprint density at radius 1 is 1.09 bits per heavy atom. The molecule has 1 aliphatic heterocycles. The van der Waals surface area contributed by atoms with Gasteiger partial charge in [-0.2, -0.15) is 4.31 Å². The average molecular weight is 475 g/mol. The molecule has 0 bridgehead atoms. The van der Waals surface area contributed by atoms with E-state index >= 15 is 0 Å². The molecule has 1 aromatic carbocycles. The number of carbonyl (C=O) groups is 1. The fourth-order valence-corrected chi connectivity index (χ4v) is 5.99. The van der Waals surface area contributed by atoms with Crippen LogP contribution in [0.5, 0.6) is 0 Å². The van der Waals surface area contributed by atoms with Crippen molar-refractivity contribution in [1.29, 1.82) is 0 Å². The second-order valence-electron chi connectivity index (χ2n) is 7.75. The number of hydrogen-bond donors (Lipinski definition) is 0. The minimum Gasteiger partial charge on any atom is -0.467 e. The molecular formula is C23H26N2O5S2. The second-order valence-corrected chi connectivity index (χ2v) is 11.1. The number of amides is 1. The number of thiophene rings is 1. The molecule has 170 valence electrons. The largest absolute Gasteiger partial charge is 0.467 e. The van der Waals surface area contributed by atoms with Crippen LogP contribution in [-0.2, 0) is 27.8 Å². The molecule has 4 rings (SSSR count). The summed E-state index contributed by atoms with van der Waals surface area (Å²) in [6, 6.07) is 12.4. The lowest BCUT2D eigenvalue weighted by atomic mass is 10.1. The maximum atomic E-state index is 13.6. The molecule has 2 aromatic heterocycles. The van der Waals surface area contributed by atoms with Gasteiger partial charge in [0, 0.05) is 28.4 Å². The van der Waals surface area contributed by atoms with Crippen molar-refractivity contribution in [3.8, 4) is 0 Å². The highest BCUT2D eigenvalue weighted by Gasteiger charge is 2.28. The predicted molar refractivity (Wildman–Crippen MR) is 122 cm³/mol. The third-order valence-corrected chi connectivity index (χ3v) is 8.28. The highest BCUT2D eigenvalue weighted by Crippen LogP contribution is 2.24. The molecule has 0 radical (unpaired) electrons. The predicted octanol–water partition coefficient (Wildman–Crippen LogP) is 3.82. The van der Waals surface area contributed by atoms with Gasteiger partial charge in [0.05, 0.1) is 37.5 Å². The van der Waals surface area contributed by atoms with Gasteiger partial charge in [0.2, 0.25) is 10.0 Å². The minimum atomic E-state index is -3.70. The molecule has 0 spiro atoms. The summed E-state index contributed by atoms with van der Waals surface area (Å²) < 4.78 is 38.4. The van der Waals surface area contributed by atoms with E-state index in [9.17, 15) is 13.2 Å². The summed E-state index contributed by atoms with van der Waals surface area (Å²) in [5.74, 6) is 0.436. The second kappa shape index (κ2) is 9.58. The number of rotatable bonds is 7. The number of furan rings is 1. The van der Waals surface area contributed by atoms with Crippen LogP contribution in [0, 0.1) is 13.8 Å². The molecule has 0 saturated carbocycles. The number of aryl methyl sites for hydroxylation is 2. The maximum absolute atomic E-state index is 13.6. The highest BCUT2D eigenvalue weighted by atomic mass is 32.2. The van der Waals surface area contributed by atoms with Gasteiger partial charge in [-0.1, -0.05) is 6.07 Å². The van der Waals surface area contributed by atoms with Crippen LogP contribution in [0.1, 0.15) is 31.4 Å². The number of hydrogen-bond acceptors (Lipinski definition) is 6. The molecule has 7 nitrogen and oxygen atoms in total. The first kappa shape index (κ1) is 22.7. The van der Waals surface area contributed by atoms with E-state index in [1.54, 1.807) is 40.7 Å². The molecule has 0 atom stereocenters. The van der Waals surface area contributed by atoms with Crippen molar-refractivity contribution < 1.29 is 22.4 Å². The highest BCUT2D eigenvalue weighted by molar-refractivity contribution is 7.89. The Hall–Kier alpha value is -2.46. The van der Waals surface area contributed by atoms with Crippen LogP contribution in [0.3, 0.4) is 0 Å². The molecule has 1 fully saturated rings. The lowest BCUT2D eigenvalue weighted by Crippen LogP contribution is -2.40. The summed E-state index contributed by atoms with van der Waals surface area (Å²) >= 11 is 1.63. The summed E-state index contributed by atoms with van der Waals surface area (Å²) in [6.07, 6.45) is 1.58. The molecule has 9 heteroatoms. The van der Waals surface area contributed by atoms with Gasteiger partial charge in [-0.15, -0.1) is 11.3 Å². The van der Waals surface area contributed by atoms with Gasteiger partial charge in [-0.05, 0) is 55.8 Å². The zero-order chi connectivity index (χ0) is 22.7. The van der Waals surface area contributed by atoms with E-state index in [0.717, 1.165) is 10.4 Å². The van der Waals surface area contributed by atoms with Crippen LogP contribution in [0.2, 0.25) is 0 Å². The summed E-state index contributed by atoms with van der Waals surface area (Å²) in [4.78, 5) is 17.7. The molecule has 0 aliphatic carbocycles. The van der Waals surface area contributed by atoms with Gasteiger partial charge in [-0.3, -0.25) is 4.79 Å². The first-order valence-corrected chi connectivity index (χ1v) is 12.7. The monoisotopic (exact) mass is 474 g/mol. The van der Waals surface area contributed by atoms with E-state index in [0.29, 0.717) is 50.7 Å². The summed E-state index contributed by atoms with van der Waals surface area (Å²) in [5, 5.41) is 0. The molecule has 1 amide bonds. The minimum absolute atomic E-state index is 0.123. The molecule has 0 unspecified atom stereocenters. The van der Waals surface area contributed by atoms with Gasteiger partial charge in [0.15, 0.2) is 0 Å². The van der Waals surface area contributed by atoms with Gasteiger partial charge >= 0.3 is 0 Å². The third kappa shape index (κ3) is 4.96. The van der Waals surface area contributed by atoms with Crippen molar-refractivity contribution in [2.75, 3.05) is 26.3 Å². The van der Waals surface area contributed by atoms with E-state index in [1.165, 1.54) is 15.2 Å². The van der Waals surface area contributed by atoms with Crippen LogP contribution in [-0.4, -0.2) is 49.8 Å². The van der Waals surface area contributed by atoms with Gasteiger partial charge in [0.25, 0.3) is 5.91 Å². The lowest BCUT2D eigenvalue weighted by molar-refractivity contribution is 0.0717. The van der Waals surface area contributed by atoms with Crippen molar-refractivity contribution in [2.24, 2.45) is 0 Å². The standard InChI is InChI=1S/C23H26N2O5S2/c1-17-5-8-21(32(27,28)25-9-12-29-13-10-25)14-22(17)23(26)24(15-19-4-3-11-30-19)16-20-7-6-18(2)31-20/h3-8,11,14H,9-10,12-13,15-16H2,1-2H3. The number of carbonyl (C=O) groups excluding carboxylic acids is 1. The van der Waals surface area contributed by atoms with Crippen LogP contribution in [0.15, 0.2) is 58.0 Å². The smallest absolute Gasteiger partial charge is 0.254 e. The lowest BCUT2D eigenvalue weighted by Gasteiger charge is -2.27. The quantitative estimate of drug-likeness (QED) is 0.520. The zero-order valence-corrected chi connectivity index (χ0v) is 19.7. The zero-order valence-electron chi connectivity index (χ0n) is 18.1. The van der Waals surface area contributed by atoms with E-state index in [4.69, 9.17) is 9.15 Å². The summed E-state index contributed by atoms with van der Waals surface area (Å²) in [7, 11) is -3.70. The van der Waals surface area contributed by atoms with Crippen molar-refractivity contribution in [1.82, 2.24) is 9.21 Å². The van der Waals surface area contributed by atoms with Crippen LogP contribution in [0.25, 0.3) is 0 Å². The van der Waals surface area contributed by atoms with E-state index in [-0.39, 0.29) is 10.8 Å². The van der Waals surface area contributed by atoms with Gasteiger partial charge in [-0.25, -0.2) is 8.42 Å². The van der Waals surface area contributed by atoms with Gasteiger partial charge in [0.1, 0.15) is 5.76 Å². The van der Waals surface area contributed by atoms with E-state index in [2.05, 4.69) is 0 Å². The van der Waals surface area contributed by atoms with Crippen molar-refractivity contribution in [3.05, 3.63) is 75.4 Å². The third-order valence-electron chi connectivity index (χ3n) is 5.40. The number of morpholine rings is 1. The Kier molecular flexibility index (Phi) is 6.80. The number of ether oxygens (including phenoxy) is 1. The van der Waals surface area contributed by atoms with Crippen molar-refractivity contribution in [3.63, 3.8) is 0 Å². The fraction of sp³-hybridized carbons (Fsp3) is 0.348. The van der Waals surface area contributed by atoms with Crippen LogP contribution < -0.4 is 0 Å². The fourth-order valence-electron chi connectivity index (χ4n) is 3.65. The Balaban J connectivity index is 1.65. The van der Waals surface area contributed by atoms with E-state index < -0.39 is 10.0 Å². The number of benzene rings is 1. The first-order valence-electron chi connectivity index (χ1n) is 10.4. The SMILES string of the molecule is Cc1ccc(CN(Cc2ccco2)C(=O)c2cc(S(=O)(=O)N3CCOCC3)ccc2C)s1. The molecule has 3 heterocycles. The molecule has 3 aromatic rings. The molecular weight excluding hydrogens is 448 g/mol. The normalized spacial score (nSPS) is 15.1. The van der Waals surface area contributed by atoms with Crippen LogP contribution >= 0.6 is 11.3 Å². The maximum Gasteiger partial charge on any atom is 0.254 e. The van der Waals surface area contributed by atoms with E-state index in [1.807, 2.05) is 32.0 Å². The Morgan fingerprint density at radius 2 is 1.88 bits per heavy atom. The molecule has 1 aliphatic rings. The topological polar surface area (TPSA) is 80.1 Å². The Labute approximate surface area is 192 Å². The Morgan fingerprint density at radius 3 is 2.53 bits per heavy atom. The number of nitrogens with zero attached hydrogens (tertiary/aromatic N) is 2.